The van der Waals surface area contributed by atoms with Gasteiger partial charge in [-0.3, -0.25) is 10.1 Å². The number of carboxylic acid groups (broad SMARTS) is 1. The molecule has 2 N–H and O–H groups in total. The van der Waals surface area contributed by atoms with Gasteiger partial charge >= 0.3 is 17.8 Å². The summed E-state index contributed by atoms with van der Waals surface area (Å²) in [5.41, 5.74) is 0.271. The number of hydrogen-bond acceptors (Lipinski definition) is 9. The van der Waals surface area contributed by atoms with E-state index in [1.165, 1.54) is 0 Å². The first-order chi connectivity index (χ1) is 16.8. The number of carbonyl (C=O) groups is 2. The molecule has 1 fully saturated rings. The molecule has 1 aliphatic carbocycles. The number of halogens is 1. The minimum Gasteiger partial charge on any atom is -0.480 e. The maximum absolute atomic E-state index is 12.4. The second-order valence-corrected chi connectivity index (χ2v) is 8.36. The largest absolute Gasteiger partial charge is 0.480 e. The number of carbonyl (C=O) groups excluding carboxylic acids is 1. The zero-order valence-corrected chi connectivity index (χ0v) is 19.2. The fraction of sp³-hybridized carbons (Fsp3) is 0.261. The van der Waals surface area contributed by atoms with Gasteiger partial charge in [0.25, 0.3) is 5.89 Å². The van der Waals surface area contributed by atoms with Crippen LogP contribution in [-0.2, 0) is 14.9 Å². The van der Waals surface area contributed by atoms with Crippen molar-refractivity contribution in [1.82, 2.24) is 15.1 Å². The highest BCUT2D eigenvalue weighted by Gasteiger charge is 2.56. The Balaban J connectivity index is 1.30. The van der Waals surface area contributed by atoms with Crippen LogP contribution in [0.25, 0.3) is 11.4 Å². The fourth-order valence-electron chi connectivity index (χ4n) is 3.42. The summed E-state index contributed by atoms with van der Waals surface area (Å²) in [5.74, 6) is 4.39. The molecule has 1 saturated carbocycles. The molecule has 35 heavy (non-hydrogen) atoms. The predicted molar refractivity (Wildman–Crippen MR) is 120 cm³/mol. The first kappa shape index (κ1) is 22.5. The van der Waals surface area contributed by atoms with Crippen LogP contribution in [0, 0.1) is 18.8 Å². The van der Waals surface area contributed by atoms with E-state index in [4.69, 9.17) is 29.7 Å². The van der Waals surface area contributed by atoms with Gasteiger partial charge in [-0.05, 0) is 38.7 Å². The number of fused-ring (bicyclic) bond motifs is 1. The molecular weight excluding hydrogens is 480 g/mol. The molecule has 5 rings (SSSR count). The molecule has 0 aliphatic heterocycles. The third-order valence-corrected chi connectivity index (χ3v) is 5.89. The summed E-state index contributed by atoms with van der Waals surface area (Å²) in [6.45, 7) is 3.32. The van der Waals surface area contributed by atoms with E-state index in [0.29, 0.717) is 29.1 Å². The van der Waals surface area contributed by atoms with Crippen molar-refractivity contribution < 1.29 is 32.8 Å². The Labute approximate surface area is 202 Å². The Bertz CT molecular complexity index is 1490. The van der Waals surface area contributed by atoms with E-state index >= 15 is 0 Å². The number of aromatic nitrogens is 3. The standard InChI is InChI=1S/C23H17ClN4O7/c1-11-17(26-22(31)32-12(2)13-5-3-4-6-14(13)24)15(35-28-11)7-8-16-25-18-19(33-16)34-20(27-18)23(9-10-23)21(29)30/h3-6,12H,9-10H2,1-2H3,(H,26,31)(H,29,30). The third kappa shape index (κ3) is 4.20. The first-order valence-corrected chi connectivity index (χ1v) is 10.9. The molecule has 178 valence electrons. The number of amides is 1. The molecule has 0 radical (unpaired) electrons. The van der Waals surface area contributed by atoms with Gasteiger partial charge in [-0.25, -0.2) is 4.79 Å². The lowest BCUT2D eigenvalue weighted by Crippen LogP contribution is -2.19. The lowest BCUT2D eigenvalue weighted by Gasteiger charge is -2.15. The molecule has 0 saturated heterocycles. The number of hydrogen-bond donors (Lipinski definition) is 2. The third-order valence-electron chi connectivity index (χ3n) is 5.54. The van der Waals surface area contributed by atoms with E-state index in [2.05, 4.69) is 32.3 Å². The van der Waals surface area contributed by atoms with Crippen LogP contribution in [0.1, 0.15) is 54.7 Å². The van der Waals surface area contributed by atoms with Gasteiger partial charge in [0.2, 0.25) is 17.3 Å². The molecule has 11 nitrogen and oxygen atoms in total. The number of benzene rings is 1. The topological polar surface area (TPSA) is 154 Å². The van der Waals surface area contributed by atoms with Crippen molar-refractivity contribution in [1.29, 1.82) is 0 Å². The van der Waals surface area contributed by atoms with Gasteiger partial charge in [0, 0.05) is 16.5 Å². The lowest BCUT2D eigenvalue weighted by molar-refractivity contribution is -0.140. The van der Waals surface area contributed by atoms with Crippen molar-refractivity contribution in [3.8, 4) is 11.8 Å². The number of carboxylic acids is 1. The second kappa shape index (κ2) is 8.48. The molecule has 1 aliphatic rings. The Morgan fingerprint density at radius 2 is 2.00 bits per heavy atom. The van der Waals surface area contributed by atoms with Gasteiger partial charge in [-0.2, -0.15) is 9.97 Å². The summed E-state index contributed by atoms with van der Waals surface area (Å²) in [7, 11) is 0. The average molecular weight is 497 g/mol. The van der Waals surface area contributed by atoms with E-state index in [0.717, 1.165) is 0 Å². The molecule has 3 aromatic heterocycles. The number of aryl methyl sites for hydroxylation is 1. The molecule has 0 spiro atoms. The second-order valence-electron chi connectivity index (χ2n) is 7.95. The van der Waals surface area contributed by atoms with Crippen LogP contribution >= 0.6 is 11.6 Å². The molecule has 1 unspecified atom stereocenters. The molecule has 1 aromatic carbocycles. The van der Waals surface area contributed by atoms with E-state index in [1.807, 2.05) is 0 Å². The maximum Gasteiger partial charge on any atom is 0.412 e. The number of rotatable bonds is 5. The van der Waals surface area contributed by atoms with Crippen molar-refractivity contribution in [3.05, 3.63) is 58.1 Å². The lowest BCUT2D eigenvalue weighted by atomic mass is 10.1. The van der Waals surface area contributed by atoms with Crippen molar-refractivity contribution in [2.24, 2.45) is 0 Å². The van der Waals surface area contributed by atoms with Gasteiger partial charge in [0.15, 0.2) is 0 Å². The van der Waals surface area contributed by atoms with Gasteiger partial charge in [0.05, 0.1) is 0 Å². The zero-order chi connectivity index (χ0) is 24.7. The van der Waals surface area contributed by atoms with Crippen molar-refractivity contribution in [2.45, 2.75) is 38.2 Å². The summed E-state index contributed by atoms with van der Waals surface area (Å²) < 4.78 is 21.5. The summed E-state index contributed by atoms with van der Waals surface area (Å²) in [4.78, 5) is 32.1. The van der Waals surface area contributed by atoms with Crippen molar-refractivity contribution in [3.63, 3.8) is 0 Å². The number of ether oxygens (including phenoxy) is 1. The van der Waals surface area contributed by atoms with Crippen LogP contribution in [-0.4, -0.2) is 32.3 Å². The summed E-state index contributed by atoms with van der Waals surface area (Å²) in [6, 6.07) is 7.04. The fourth-order valence-corrected chi connectivity index (χ4v) is 3.71. The van der Waals surface area contributed by atoms with E-state index in [-0.39, 0.29) is 34.7 Å². The Morgan fingerprint density at radius 3 is 2.69 bits per heavy atom. The first-order valence-electron chi connectivity index (χ1n) is 10.5. The number of oxazole rings is 2. The number of nitrogens with one attached hydrogen (secondary N) is 1. The number of anilines is 1. The highest BCUT2D eigenvalue weighted by molar-refractivity contribution is 6.31. The van der Waals surface area contributed by atoms with E-state index in [9.17, 15) is 14.7 Å². The number of aliphatic carboxylic acids is 1. The molecule has 1 atom stereocenters. The van der Waals surface area contributed by atoms with E-state index < -0.39 is 23.6 Å². The van der Waals surface area contributed by atoms with Crippen molar-refractivity contribution in [2.75, 3.05) is 5.32 Å². The van der Waals surface area contributed by atoms with Crippen LogP contribution in [0.4, 0.5) is 10.5 Å². The normalized spacial score (nSPS) is 14.7. The smallest absolute Gasteiger partial charge is 0.412 e. The quantitative estimate of drug-likeness (QED) is 0.375. The van der Waals surface area contributed by atoms with Gasteiger partial charge in [0.1, 0.15) is 22.9 Å². The van der Waals surface area contributed by atoms with Crippen LogP contribution in [0.3, 0.4) is 0 Å². The minimum absolute atomic E-state index is 0.0268. The molecular formula is C23H17ClN4O7. The van der Waals surface area contributed by atoms with Crippen molar-refractivity contribution >= 4 is 40.8 Å². The SMILES string of the molecule is Cc1noc(C#Cc2nc3nc(C4(C(=O)O)CC4)oc3o2)c1NC(=O)OC(C)c1ccccc1Cl. The van der Waals surface area contributed by atoms with Gasteiger partial charge in [-0.15, -0.1) is 0 Å². The van der Waals surface area contributed by atoms with Crippen LogP contribution in [0.5, 0.6) is 0 Å². The maximum atomic E-state index is 12.4. The molecule has 3 heterocycles. The minimum atomic E-state index is -1.11. The molecule has 12 heteroatoms. The monoisotopic (exact) mass is 496 g/mol. The molecule has 0 bridgehead atoms. The van der Waals surface area contributed by atoms with Gasteiger partial charge < -0.3 is 23.2 Å². The number of nitrogens with zero attached hydrogens (tertiary/aromatic N) is 3. The van der Waals surface area contributed by atoms with Crippen LogP contribution in [0.2, 0.25) is 5.02 Å². The Kier molecular flexibility index (Phi) is 5.45. The Morgan fingerprint density at radius 1 is 1.23 bits per heavy atom. The van der Waals surface area contributed by atoms with Crippen LogP contribution in [0.15, 0.2) is 37.6 Å². The summed E-state index contributed by atoms with van der Waals surface area (Å²) in [5, 5.41) is 16.2. The van der Waals surface area contributed by atoms with Crippen LogP contribution < -0.4 is 5.32 Å². The molecule has 1 amide bonds. The highest BCUT2D eigenvalue weighted by atomic mass is 35.5. The summed E-state index contributed by atoms with van der Waals surface area (Å²) >= 11 is 6.16. The predicted octanol–water partition coefficient (Wildman–Crippen LogP) is 4.59. The van der Waals surface area contributed by atoms with Gasteiger partial charge in [-0.1, -0.05) is 35.0 Å². The highest BCUT2D eigenvalue weighted by Crippen LogP contribution is 2.48. The molecule has 4 aromatic rings. The zero-order valence-electron chi connectivity index (χ0n) is 18.4. The summed E-state index contributed by atoms with van der Waals surface area (Å²) in [6.07, 6.45) is -0.463. The Hall–Kier alpha value is -4.30. The van der Waals surface area contributed by atoms with E-state index in [1.54, 1.807) is 38.1 Å². The average Bonchev–Trinajstić information content (AvgIpc) is 3.25.